The Hall–Kier alpha value is -5.47. The molecule has 246 valence electrons. The molecule has 4 aromatic rings. The van der Waals surface area contributed by atoms with Crippen molar-refractivity contribution >= 4 is 52.7 Å². The van der Waals surface area contributed by atoms with E-state index in [9.17, 15) is 24.3 Å². The molecule has 0 spiro atoms. The molecule has 2 aliphatic heterocycles. The van der Waals surface area contributed by atoms with Crippen molar-refractivity contribution in [1.29, 1.82) is 0 Å². The molecule has 2 aliphatic rings. The van der Waals surface area contributed by atoms with Gasteiger partial charge in [0.05, 0.1) is 28.5 Å². The van der Waals surface area contributed by atoms with E-state index in [1.165, 1.54) is 58.2 Å². The lowest BCUT2D eigenvalue weighted by Crippen LogP contribution is -2.50. The van der Waals surface area contributed by atoms with E-state index in [2.05, 4.69) is 15.5 Å². The summed E-state index contributed by atoms with van der Waals surface area (Å²) in [4.78, 5) is 59.8. The lowest BCUT2D eigenvalue weighted by molar-refractivity contribution is -0.136. The number of para-hydroxylation sites is 1. The SMILES string of the molecule is CN1CCN(c2cccc3c2CCN(C(=O)C=Cc2c(-n4cnnn4)ccc(Cl)c2F)C3C(=O)N(C)c2ccccc2C(=O)O)C(=O)C1. The molecule has 48 heavy (non-hydrogen) atoms. The molecule has 15 heteroatoms. The summed E-state index contributed by atoms with van der Waals surface area (Å²) in [6, 6.07) is 13.0. The largest absolute Gasteiger partial charge is 0.478 e. The number of carboxylic acids is 1. The third kappa shape index (κ3) is 6.02. The second-order valence-corrected chi connectivity index (χ2v) is 11.8. The number of aromatic carboxylic acids is 1. The number of benzene rings is 3. The van der Waals surface area contributed by atoms with Crippen molar-refractivity contribution < 1.29 is 28.7 Å². The molecule has 0 aliphatic carbocycles. The summed E-state index contributed by atoms with van der Waals surface area (Å²) in [6.45, 7) is 1.44. The van der Waals surface area contributed by atoms with Gasteiger partial charge in [-0.25, -0.2) is 9.18 Å². The number of nitrogens with zero attached hydrogens (tertiary/aromatic N) is 8. The highest BCUT2D eigenvalue weighted by molar-refractivity contribution is 6.31. The molecule has 1 saturated heterocycles. The first kappa shape index (κ1) is 32.5. The normalized spacial score (nSPS) is 16.7. The van der Waals surface area contributed by atoms with Gasteiger partial charge in [0.15, 0.2) is 5.82 Å². The molecule has 1 aromatic heterocycles. The monoisotopic (exact) mass is 672 g/mol. The highest BCUT2D eigenvalue weighted by Gasteiger charge is 2.40. The predicted octanol–water partition coefficient (Wildman–Crippen LogP) is 3.23. The maximum atomic E-state index is 15.3. The number of carbonyl (C=O) groups excluding carboxylic acids is 3. The number of tetrazole rings is 1. The van der Waals surface area contributed by atoms with Crippen LogP contribution >= 0.6 is 11.6 Å². The van der Waals surface area contributed by atoms with Gasteiger partial charge in [-0.3, -0.25) is 19.3 Å². The summed E-state index contributed by atoms with van der Waals surface area (Å²) in [5.74, 6) is -3.28. The van der Waals surface area contributed by atoms with Crippen LogP contribution in [0.4, 0.5) is 15.8 Å². The summed E-state index contributed by atoms with van der Waals surface area (Å²) >= 11 is 6.07. The van der Waals surface area contributed by atoms with Gasteiger partial charge < -0.3 is 19.8 Å². The van der Waals surface area contributed by atoms with Gasteiger partial charge >= 0.3 is 5.97 Å². The van der Waals surface area contributed by atoms with Crippen molar-refractivity contribution in [3.8, 4) is 5.69 Å². The van der Waals surface area contributed by atoms with Crippen molar-refractivity contribution in [2.24, 2.45) is 0 Å². The summed E-state index contributed by atoms with van der Waals surface area (Å²) in [7, 11) is 3.32. The summed E-state index contributed by atoms with van der Waals surface area (Å²) in [5, 5.41) is 20.7. The molecule has 3 amide bonds. The van der Waals surface area contributed by atoms with Crippen molar-refractivity contribution in [3.05, 3.63) is 100 Å². The smallest absolute Gasteiger partial charge is 0.337 e. The van der Waals surface area contributed by atoms with E-state index in [1.807, 2.05) is 18.0 Å². The van der Waals surface area contributed by atoms with Crippen LogP contribution in [0.15, 0.2) is 67.0 Å². The number of likely N-dealkylation sites (N-methyl/N-ethyl adjacent to an activating group) is 2. The maximum absolute atomic E-state index is 15.3. The molecule has 0 radical (unpaired) electrons. The number of carbonyl (C=O) groups is 4. The third-order valence-corrected chi connectivity index (χ3v) is 8.83. The molecule has 1 unspecified atom stereocenters. The summed E-state index contributed by atoms with van der Waals surface area (Å²) in [6.07, 6.45) is 3.99. The number of hydrogen-bond donors (Lipinski definition) is 1. The first-order valence-corrected chi connectivity index (χ1v) is 15.3. The Kier molecular flexibility index (Phi) is 9.02. The van der Waals surface area contributed by atoms with Crippen LogP contribution in [0, 0.1) is 5.82 Å². The summed E-state index contributed by atoms with van der Waals surface area (Å²) in [5.41, 5.74) is 2.13. The standard InChI is InChI=1S/C33H30ClFN8O5/c1-39-16-17-41(29(45)18-39)26-9-5-7-21-20(26)14-15-42(31(21)32(46)40(2)25-8-4-3-6-23(25)33(47)48)28(44)13-10-22-27(43-19-36-37-38-43)12-11-24(34)30(22)35/h3-13,19,31H,14-18H2,1-2H3,(H,47,48). The topological polar surface area (TPSA) is 145 Å². The Morgan fingerprint density at radius 2 is 1.83 bits per heavy atom. The zero-order valence-electron chi connectivity index (χ0n) is 26.0. The zero-order valence-corrected chi connectivity index (χ0v) is 26.7. The van der Waals surface area contributed by atoms with Gasteiger partial charge in [0.2, 0.25) is 11.8 Å². The van der Waals surface area contributed by atoms with Crippen molar-refractivity contribution in [2.75, 3.05) is 50.1 Å². The van der Waals surface area contributed by atoms with E-state index in [0.717, 1.165) is 11.6 Å². The van der Waals surface area contributed by atoms with Crippen LogP contribution in [0.25, 0.3) is 11.8 Å². The first-order chi connectivity index (χ1) is 23.1. The van der Waals surface area contributed by atoms with Crippen LogP contribution in [-0.4, -0.2) is 99.1 Å². The number of halogens is 2. The Balaban J connectivity index is 1.42. The number of piperazine rings is 1. The van der Waals surface area contributed by atoms with E-state index in [4.69, 9.17) is 11.6 Å². The van der Waals surface area contributed by atoms with Crippen LogP contribution in [0.1, 0.15) is 33.1 Å². The molecule has 3 heterocycles. The van der Waals surface area contributed by atoms with Gasteiger partial charge in [-0.2, -0.15) is 4.68 Å². The number of hydrogen-bond acceptors (Lipinski definition) is 8. The highest BCUT2D eigenvalue weighted by atomic mass is 35.5. The highest BCUT2D eigenvalue weighted by Crippen LogP contribution is 2.38. The quantitative estimate of drug-likeness (QED) is 0.293. The fourth-order valence-electron chi connectivity index (χ4n) is 6.14. The Labute approximate surface area is 279 Å². The molecule has 1 fully saturated rings. The minimum absolute atomic E-state index is 0.0493. The van der Waals surface area contributed by atoms with Gasteiger partial charge in [-0.15, -0.1) is 5.10 Å². The predicted molar refractivity (Wildman–Crippen MR) is 174 cm³/mol. The van der Waals surface area contributed by atoms with Gasteiger partial charge in [0.25, 0.3) is 5.91 Å². The molecular formula is C33H30ClFN8O5. The minimum atomic E-state index is -1.22. The van der Waals surface area contributed by atoms with E-state index in [0.29, 0.717) is 30.8 Å². The molecule has 3 aromatic carbocycles. The Morgan fingerprint density at radius 3 is 2.56 bits per heavy atom. The number of carboxylic acid groups (broad SMARTS) is 1. The second-order valence-electron chi connectivity index (χ2n) is 11.4. The average Bonchev–Trinajstić information content (AvgIpc) is 3.62. The lowest BCUT2D eigenvalue weighted by atomic mass is 9.89. The van der Waals surface area contributed by atoms with Gasteiger partial charge in [-0.1, -0.05) is 35.9 Å². The zero-order chi connectivity index (χ0) is 34.1. The van der Waals surface area contributed by atoms with Crippen molar-refractivity contribution in [3.63, 3.8) is 0 Å². The molecule has 1 atom stereocenters. The van der Waals surface area contributed by atoms with E-state index < -0.39 is 29.6 Å². The summed E-state index contributed by atoms with van der Waals surface area (Å²) < 4.78 is 16.5. The number of anilines is 2. The fraction of sp³-hybridized carbons (Fsp3) is 0.242. The Morgan fingerprint density at radius 1 is 1.04 bits per heavy atom. The number of fused-ring (bicyclic) bond motifs is 1. The van der Waals surface area contributed by atoms with Crippen LogP contribution in [-0.2, 0) is 20.8 Å². The lowest BCUT2D eigenvalue weighted by Gasteiger charge is -2.40. The molecule has 6 rings (SSSR count). The van der Waals surface area contributed by atoms with Crippen LogP contribution < -0.4 is 9.80 Å². The molecule has 1 N–H and O–H groups in total. The first-order valence-electron chi connectivity index (χ1n) is 15.0. The van der Waals surface area contributed by atoms with Crippen LogP contribution in [0.5, 0.6) is 0 Å². The average molecular weight is 673 g/mol. The Bertz CT molecular complexity index is 1950. The second kappa shape index (κ2) is 13.3. The van der Waals surface area contributed by atoms with Gasteiger partial charge in [-0.05, 0) is 71.4 Å². The van der Waals surface area contributed by atoms with Gasteiger partial charge in [0, 0.05) is 44.0 Å². The number of rotatable bonds is 7. The maximum Gasteiger partial charge on any atom is 0.337 e. The van der Waals surface area contributed by atoms with Crippen molar-refractivity contribution in [2.45, 2.75) is 12.5 Å². The molecular weight excluding hydrogens is 643 g/mol. The molecule has 0 saturated carbocycles. The molecule has 0 bridgehead atoms. The number of amides is 3. The fourth-order valence-corrected chi connectivity index (χ4v) is 6.30. The van der Waals surface area contributed by atoms with Crippen LogP contribution in [0.2, 0.25) is 5.02 Å². The van der Waals surface area contributed by atoms with E-state index in [-0.39, 0.29) is 46.5 Å². The van der Waals surface area contributed by atoms with Crippen LogP contribution in [0.3, 0.4) is 0 Å². The third-order valence-electron chi connectivity index (χ3n) is 8.54. The van der Waals surface area contributed by atoms with E-state index in [1.54, 1.807) is 29.2 Å². The van der Waals surface area contributed by atoms with E-state index >= 15 is 4.39 Å². The van der Waals surface area contributed by atoms with Gasteiger partial charge in [0.1, 0.15) is 12.4 Å². The van der Waals surface area contributed by atoms with Crippen molar-refractivity contribution in [1.82, 2.24) is 30.0 Å². The minimum Gasteiger partial charge on any atom is -0.478 e. The molecule has 13 nitrogen and oxygen atoms in total. The number of aromatic nitrogens is 4.